The topological polar surface area (TPSA) is 75.4 Å². The third-order valence-electron chi connectivity index (χ3n) is 2.09. The molecule has 92 valence electrons. The molecule has 0 atom stereocenters. The van der Waals surface area contributed by atoms with E-state index in [4.69, 9.17) is 4.52 Å². The second kappa shape index (κ2) is 4.94. The smallest absolute Gasteiger partial charge is 0.246 e. The first-order valence-corrected chi connectivity index (χ1v) is 6.40. The molecule has 1 aromatic rings. The van der Waals surface area contributed by atoms with Crippen molar-refractivity contribution in [2.75, 3.05) is 27.2 Å². The summed E-state index contributed by atoms with van der Waals surface area (Å²) < 4.78 is 31.1. The molecule has 6 nitrogen and oxygen atoms in total. The molecule has 7 heteroatoms. The summed E-state index contributed by atoms with van der Waals surface area (Å²) in [6.07, 6.45) is 0. The van der Waals surface area contributed by atoms with Gasteiger partial charge in [-0.25, -0.2) is 13.1 Å². The van der Waals surface area contributed by atoms with E-state index in [2.05, 4.69) is 9.88 Å². The summed E-state index contributed by atoms with van der Waals surface area (Å²) in [6, 6.07) is 0. The molecule has 0 aliphatic heterocycles. The van der Waals surface area contributed by atoms with Crippen LogP contribution in [0.2, 0.25) is 0 Å². The van der Waals surface area contributed by atoms with E-state index in [1.54, 1.807) is 13.8 Å². The number of nitrogens with zero attached hydrogens (tertiary/aromatic N) is 2. The first-order chi connectivity index (χ1) is 7.34. The van der Waals surface area contributed by atoms with Gasteiger partial charge in [-0.1, -0.05) is 5.16 Å². The Balaban J connectivity index is 2.79. The number of rotatable bonds is 5. The van der Waals surface area contributed by atoms with Gasteiger partial charge in [-0.3, -0.25) is 0 Å². The highest BCUT2D eigenvalue weighted by atomic mass is 32.2. The molecule has 1 aromatic heterocycles. The number of hydrogen-bond donors (Lipinski definition) is 1. The molecular weight excluding hydrogens is 230 g/mol. The van der Waals surface area contributed by atoms with Gasteiger partial charge in [-0.05, 0) is 27.9 Å². The van der Waals surface area contributed by atoms with Gasteiger partial charge >= 0.3 is 0 Å². The highest BCUT2D eigenvalue weighted by Crippen LogP contribution is 2.18. The molecule has 0 aromatic carbocycles. The van der Waals surface area contributed by atoms with Crippen LogP contribution in [0.25, 0.3) is 0 Å². The first-order valence-electron chi connectivity index (χ1n) is 4.92. The minimum atomic E-state index is -3.51. The first kappa shape index (κ1) is 13.1. The lowest BCUT2D eigenvalue weighted by Crippen LogP contribution is -2.31. The van der Waals surface area contributed by atoms with Gasteiger partial charge < -0.3 is 9.42 Å². The van der Waals surface area contributed by atoms with E-state index < -0.39 is 10.0 Å². The third-order valence-corrected chi connectivity index (χ3v) is 3.79. The number of hydrogen-bond acceptors (Lipinski definition) is 5. The Morgan fingerprint density at radius 1 is 1.38 bits per heavy atom. The summed E-state index contributed by atoms with van der Waals surface area (Å²) in [5.41, 5.74) is 0.384. The van der Waals surface area contributed by atoms with Crippen molar-refractivity contribution < 1.29 is 12.9 Å². The Bertz CT molecular complexity index is 431. The molecule has 0 spiro atoms. The van der Waals surface area contributed by atoms with Crippen LogP contribution >= 0.6 is 0 Å². The summed E-state index contributed by atoms with van der Waals surface area (Å²) in [6.45, 7) is 4.19. The maximum Gasteiger partial charge on any atom is 0.246 e. The predicted octanol–water partition coefficient (Wildman–Crippen LogP) is 0.131. The normalized spacial score (nSPS) is 12.3. The van der Waals surface area contributed by atoms with Gasteiger partial charge in [-0.15, -0.1) is 0 Å². The van der Waals surface area contributed by atoms with E-state index >= 15 is 0 Å². The van der Waals surface area contributed by atoms with E-state index in [0.717, 1.165) is 0 Å². The molecule has 16 heavy (non-hydrogen) atoms. The van der Waals surface area contributed by atoms with E-state index in [1.165, 1.54) is 0 Å². The zero-order chi connectivity index (χ0) is 12.3. The van der Waals surface area contributed by atoms with Gasteiger partial charge in [0.25, 0.3) is 0 Å². The zero-order valence-electron chi connectivity index (χ0n) is 9.94. The molecule has 0 saturated carbocycles. The average molecular weight is 247 g/mol. The van der Waals surface area contributed by atoms with Gasteiger partial charge in [-0.2, -0.15) is 0 Å². The van der Waals surface area contributed by atoms with E-state index in [0.29, 0.717) is 24.5 Å². The molecule has 0 aliphatic carbocycles. The fraction of sp³-hybridized carbons (Fsp3) is 0.667. The predicted molar refractivity (Wildman–Crippen MR) is 59.7 cm³/mol. The molecule has 0 aliphatic rings. The molecule has 1 rings (SSSR count). The van der Waals surface area contributed by atoms with Crippen molar-refractivity contribution in [2.24, 2.45) is 0 Å². The summed E-state index contributed by atoms with van der Waals surface area (Å²) in [5.74, 6) is 0.315. The van der Waals surface area contributed by atoms with Crippen molar-refractivity contribution in [3.05, 3.63) is 11.5 Å². The van der Waals surface area contributed by atoms with Gasteiger partial charge in [0.05, 0.1) is 0 Å². The quantitative estimate of drug-likeness (QED) is 0.800. The molecule has 0 radical (unpaired) electrons. The van der Waals surface area contributed by atoms with Crippen molar-refractivity contribution in [1.29, 1.82) is 0 Å². The molecule has 0 unspecified atom stereocenters. The van der Waals surface area contributed by atoms with Crippen LogP contribution in [0.4, 0.5) is 0 Å². The lowest BCUT2D eigenvalue weighted by atomic mass is 10.4. The largest absolute Gasteiger partial charge is 0.360 e. The SMILES string of the molecule is Cc1noc(C)c1S(=O)(=O)NCCN(C)C. The fourth-order valence-corrected chi connectivity index (χ4v) is 2.68. The molecule has 0 saturated heterocycles. The van der Waals surface area contributed by atoms with Crippen molar-refractivity contribution in [1.82, 2.24) is 14.8 Å². The van der Waals surface area contributed by atoms with Crippen LogP contribution in [0.5, 0.6) is 0 Å². The Labute approximate surface area is 95.7 Å². The van der Waals surface area contributed by atoms with Crippen molar-refractivity contribution in [3.63, 3.8) is 0 Å². The average Bonchev–Trinajstić information content (AvgIpc) is 2.45. The highest BCUT2D eigenvalue weighted by Gasteiger charge is 2.23. The van der Waals surface area contributed by atoms with Crippen LogP contribution in [0.3, 0.4) is 0 Å². The Kier molecular flexibility index (Phi) is 4.06. The van der Waals surface area contributed by atoms with Crippen LogP contribution in [0.1, 0.15) is 11.5 Å². The Morgan fingerprint density at radius 3 is 2.44 bits per heavy atom. The Hall–Kier alpha value is -0.920. The van der Waals surface area contributed by atoms with E-state index in [9.17, 15) is 8.42 Å². The highest BCUT2D eigenvalue weighted by molar-refractivity contribution is 7.89. The minimum absolute atomic E-state index is 0.145. The molecule has 1 heterocycles. The number of aryl methyl sites for hydroxylation is 2. The van der Waals surface area contributed by atoms with Gasteiger partial charge in [0.2, 0.25) is 10.0 Å². The van der Waals surface area contributed by atoms with Crippen LogP contribution in [-0.2, 0) is 10.0 Å². The van der Waals surface area contributed by atoms with Crippen molar-refractivity contribution >= 4 is 10.0 Å². The monoisotopic (exact) mass is 247 g/mol. The second-order valence-corrected chi connectivity index (χ2v) is 5.56. The summed E-state index contributed by atoms with van der Waals surface area (Å²) in [7, 11) is 0.251. The number of sulfonamides is 1. The van der Waals surface area contributed by atoms with Gasteiger partial charge in [0.1, 0.15) is 10.6 Å². The molecule has 1 N–H and O–H groups in total. The molecule has 0 bridgehead atoms. The molecule has 0 amide bonds. The standard InChI is InChI=1S/C9H17N3O3S/c1-7-9(8(2)15-11-7)16(13,14)10-5-6-12(3)4/h10H,5-6H2,1-4H3. The van der Waals surface area contributed by atoms with Crippen LogP contribution in [-0.4, -0.2) is 45.7 Å². The molecular formula is C9H17N3O3S. The van der Waals surface area contributed by atoms with E-state index in [-0.39, 0.29) is 4.90 Å². The lowest BCUT2D eigenvalue weighted by Gasteiger charge is -2.10. The maximum atomic E-state index is 11.9. The van der Waals surface area contributed by atoms with Gasteiger partial charge in [0, 0.05) is 13.1 Å². The molecule has 0 fully saturated rings. The van der Waals surface area contributed by atoms with Gasteiger partial charge in [0.15, 0.2) is 5.76 Å². The zero-order valence-corrected chi connectivity index (χ0v) is 10.8. The summed E-state index contributed by atoms with van der Waals surface area (Å²) >= 11 is 0. The van der Waals surface area contributed by atoms with Crippen LogP contribution in [0.15, 0.2) is 9.42 Å². The Morgan fingerprint density at radius 2 is 2.00 bits per heavy atom. The number of nitrogens with one attached hydrogen (secondary N) is 1. The van der Waals surface area contributed by atoms with Crippen LogP contribution in [0, 0.1) is 13.8 Å². The number of likely N-dealkylation sites (N-methyl/N-ethyl adjacent to an activating group) is 1. The number of aromatic nitrogens is 1. The second-order valence-electron chi connectivity index (χ2n) is 3.85. The van der Waals surface area contributed by atoms with E-state index in [1.807, 2.05) is 19.0 Å². The minimum Gasteiger partial charge on any atom is -0.360 e. The lowest BCUT2D eigenvalue weighted by molar-refractivity contribution is 0.390. The summed E-state index contributed by atoms with van der Waals surface area (Å²) in [5, 5.41) is 3.62. The third kappa shape index (κ3) is 3.03. The van der Waals surface area contributed by atoms with Crippen molar-refractivity contribution in [3.8, 4) is 0 Å². The maximum absolute atomic E-state index is 11.9. The summed E-state index contributed by atoms with van der Waals surface area (Å²) in [4.78, 5) is 2.04. The van der Waals surface area contributed by atoms with Crippen LogP contribution < -0.4 is 4.72 Å². The fourth-order valence-electron chi connectivity index (χ4n) is 1.33. The van der Waals surface area contributed by atoms with Crippen molar-refractivity contribution in [2.45, 2.75) is 18.7 Å².